The van der Waals surface area contributed by atoms with Gasteiger partial charge < -0.3 is 15.1 Å². The number of rotatable bonds is 1. The summed E-state index contributed by atoms with van der Waals surface area (Å²) in [6, 6.07) is -0.0579. The Labute approximate surface area is 90.9 Å². The summed E-state index contributed by atoms with van der Waals surface area (Å²) in [6.07, 6.45) is 0.0116. The average Bonchev–Trinajstić information content (AvgIpc) is 2.26. The summed E-state index contributed by atoms with van der Waals surface area (Å²) < 4.78 is 0. The summed E-state index contributed by atoms with van der Waals surface area (Å²) in [7, 11) is 0. The minimum Gasteiger partial charge on any atom is -0.465 e. The lowest BCUT2D eigenvalue weighted by atomic mass is 9.98. The fourth-order valence-electron chi connectivity index (χ4n) is 2.48. The molecule has 1 rings (SSSR count). The van der Waals surface area contributed by atoms with E-state index in [1.807, 2.05) is 27.7 Å². The van der Waals surface area contributed by atoms with Gasteiger partial charge in [0.25, 0.3) is 0 Å². The van der Waals surface area contributed by atoms with E-state index in [0.717, 1.165) is 0 Å². The van der Waals surface area contributed by atoms with Gasteiger partial charge in [-0.25, -0.2) is 4.79 Å². The van der Waals surface area contributed by atoms with Gasteiger partial charge in [-0.05, 0) is 39.5 Å². The molecule has 1 aliphatic rings. The lowest BCUT2D eigenvalue weighted by Crippen LogP contribution is -2.52. The van der Waals surface area contributed by atoms with Gasteiger partial charge in [-0.2, -0.15) is 0 Å². The van der Waals surface area contributed by atoms with Crippen LogP contribution in [0, 0.1) is 5.92 Å². The molecular weight excluding hydrogens is 194 g/mol. The molecule has 0 aromatic rings. The molecule has 0 radical (unpaired) electrons. The fraction of sp³-hybridized carbons (Fsp3) is 0.909. The van der Waals surface area contributed by atoms with Crippen LogP contribution in [0.2, 0.25) is 0 Å². The highest BCUT2D eigenvalue weighted by molar-refractivity contribution is 5.66. The highest BCUT2D eigenvalue weighted by Gasteiger charge is 2.41. The van der Waals surface area contributed by atoms with E-state index in [0.29, 0.717) is 12.8 Å². The van der Waals surface area contributed by atoms with E-state index in [-0.39, 0.29) is 18.1 Å². The Kier molecular flexibility index (Phi) is 3.28. The molecule has 3 atom stereocenters. The molecule has 2 N–H and O–H groups in total. The Hall–Kier alpha value is -0.770. The Morgan fingerprint density at radius 3 is 2.13 bits per heavy atom. The van der Waals surface area contributed by atoms with Crippen molar-refractivity contribution < 1.29 is 15.0 Å². The van der Waals surface area contributed by atoms with E-state index in [9.17, 15) is 15.0 Å². The van der Waals surface area contributed by atoms with Crippen molar-refractivity contribution in [1.82, 2.24) is 4.90 Å². The highest BCUT2D eigenvalue weighted by Crippen LogP contribution is 2.33. The quantitative estimate of drug-likeness (QED) is 0.702. The Bertz CT molecular complexity index is 247. The standard InChI is InChI=1S/C11H21NO3/c1-7-5-8(13)6-9(7)12(10(14)15)11(2,3)4/h7-9,13H,5-6H2,1-4H3,(H,14,15). The number of amides is 1. The van der Waals surface area contributed by atoms with Gasteiger partial charge in [0.1, 0.15) is 0 Å². The predicted octanol–water partition coefficient (Wildman–Crippen LogP) is 1.92. The molecule has 1 amide bonds. The van der Waals surface area contributed by atoms with Crippen molar-refractivity contribution in [3.05, 3.63) is 0 Å². The second kappa shape index (κ2) is 4.00. The number of aliphatic hydroxyl groups excluding tert-OH is 1. The van der Waals surface area contributed by atoms with E-state index < -0.39 is 11.6 Å². The average molecular weight is 215 g/mol. The van der Waals surface area contributed by atoms with Crippen LogP contribution in [0.5, 0.6) is 0 Å². The third kappa shape index (κ3) is 2.62. The third-order valence-corrected chi connectivity index (χ3v) is 3.07. The first-order valence-corrected chi connectivity index (χ1v) is 5.44. The molecule has 0 aromatic carbocycles. The number of nitrogens with zero attached hydrogens (tertiary/aromatic N) is 1. The first-order valence-electron chi connectivity index (χ1n) is 5.44. The Morgan fingerprint density at radius 1 is 1.33 bits per heavy atom. The molecule has 0 aromatic heterocycles. The van der Waals surface area contributed by atoms with E-state index in [2.05, 4.69) is 0 Å². The summed E-state index contributed by atoms with van der Waals surface area (Å²) in [5, 5.41) is 18.8. The maximum Gasteiger partial charge on any atom is 0.407 e. The van der Waals surface area contributed by atoms with Crippen LogP contribution >= 0.6 is 0 Å². The van der Waals surface area contributed by atoms with Crippen molar-refractivity contribution >= 4 is 6.09 Å². The second-order valence-corrected chi connectivity index (χ2v) is 5.49. The summed E-state index contributed by atoms with van der Waals surface area (Å²) in [6.45, 7) is 7.66. The van der Waals surface area contributed by atoms with Crippen molar-refractivity contribution in [2.24, 2.45) is 5.92 Å². The zero-order valence-electron chi connectivity index (χ0n) is 9.90. The van der Waals surface area contributed by atoms with Crippen LogP contribution in [0.15, 0.2) is 0 Å². The normalized spacial score (nSPS) is 31.7. The summed E-state index contributed by atoms with van der Waals surface area (Å²) in [5.41, 5.74) is -0.408. The molecule has 4 nitrogen and oxygen atoms in total. The largest absolute Gasteiger partial charge is 0.465 e. The van der Waals surface area contributed by atoms with Crippen LogP contribution in [0.1, 0.15) is 40.5 Å². The molecule has 1 saturated carbocycles. The number of hydrogen-bond acceptors (Lipinski definition) is 2. The maximum absolute atomic E-state index is 11.2. The second-order valence-electron chi connectivity index (χ2n) is 5.49. The zero-order chi connectivity index (χ0) is 11.8. The Balaban J connectivity index is 2.86. The minimum absolute atomic E-state index is 0.0579. The van der Waals surface area contributed by atoms with Gasteiger partial charge in [0, 0.05) is 11.6 Å². The van der Waals surface area contributed by atoms with Crippen LogP contribution in [-0.4, -0.2) is 38.9 Å². The van der Waals surface area contributed by atoms with Crippen LogP contribution in [0.25, 0.3) is 0 Å². The van der Waals surface area contributed by atoms with Gasteiger partial charge in [-0.15, -0.1) is 0 Å². The fourth-order valence-corrected chi connectivity index (χ4v) is 2.48. The molecule has 0 aliphatic heterocycles. The number of carboxylic acid groups (broad SMARTS) is 1. The molecule has 1 fully saturated rings. The van der Waals surface area contributed by atoms with Gasteiger partial charge in [-0.3, -0.25) is 0 Å². The van der Waals surface area contributed by atoms with Crippen molar-refractivity contribution in [2.45, 2.75) is 58.2 Å². The van der Waals surface area contributed by atoms with Crippen LogP contribution in [0.4, 0.5) is 4.79 Å². The third-order valence-electron chi connectivity index (χ3n) is 3.07. The Morgan fingerprint density at radius 2 is 1.87 bits per heavy atom. The van der Waals surface area contributed by atoms with Crippen LogP contribution in [0.3, 0.4) is 0 Å². The van der Waals surface area contributed by atoms with Gasteiger partial charge in [0.05, 0.1) is 6.10 Å². The molecule has 0 heterocycles. The molecule has 15 heavy (non-hydrogen) atoms. The first-order chi connectivity index (χ1) is 6.73. The summed E-state index contributed by atoms with van der Waals surface area (Å²) in [4.78, 5) is 12.7. The van der Waals surface area contributed by atoms with Crippen LogP contribution < -0.4 is 0 Å². The van der Waals surface area contributed by atoms with Gasteiger partial charge in [0.2, 0.25) is 0 Å². The number of hydrogen-bond donors (Lipinski definition) is 2. The van der Waals surface area contributed by atoms with Crippen molar-refractivity contribution in [2.75, 3.05) is 0 Å². The molecule has 0 saturated heterocycles. The molecular formula is C11H21NO3. The van der Waals surface area contributed by atoms with Gasteiger partial charge in [-0.1, -0.05) is 6.92 Å². The summed E-state index contributed by atoms with van der Waals surface area (Å²) in [5.74, 6) is 0.232. The SMILES string of the molecule is CC1CC(O)CC1N(C(=O)O)C(C)(C)C. The van der Waals surface area contributed by atoms with E-state index in [1.54, 1.807) is 0 Å². The lowest BCUT2D eigenvalue weighted by Gasteiger charge is -2.39. The monoisotopic (exact) mass is 215 g/mol. The summed E-state index contributed by atoms with van der Waals surface area (Å²) >= 11 is 0. The van der Waals surface area contributed by atoms with E-state index >= 15 is 0 Å². The van der Waals surface area contributed by atoms with Crippen molar-refractivity contribution in [3.8, 4) is 0 Å². The molecule has 3 unspecified atom stereocenters. The predicted molar refractivity (Wildman–Crippen MR) is 57.8 cm³/mol. The molecule has 88 valence electrons. The molecule has 4 heteroatoms. The van der Waals surface area contributed by atoms with Crippen LogP contribution in [-0.2, 0) is 0 Å². The molecule has 0 bridgehead atoms. The van der Waals surface area contributed by atoms with E-state index in [1.165, 1.54) is 4.90 Å². The minimum atomic E-state index is -0.895. The van der Waals surface area contributed by atoms with Crippen molar-refractivity contribution in [1.29, 1.82) is 0 Å². The molecule has 0 spiro atoms. The smallest absolute Gasteiger partial charge is 0.407 e. The molecule has 1 aliphatic carbocycles. The zero-order valence-corrected chi connectivity index (χ0v) is 9.90. The topological polar surface area (TPSA) is 60.8 Å². The lowest BCUT2D eigenvalue weighted by molar-refractivity contribution is 0.0563. The number of carbonyl (C=O) groups is 1. The van der Waals surface area contributed by atoms with Crippen molar-refractivity contribution in [3.63, 3.8) is 0 Å². The van der Waals surface area contributed by atoms with Gasteiger partial charge >= 0.3 is 6.09 Å². The maximum atomic E-state index is 11.2. The first kappa shape index (κ1) is 12.3. The number of aliphatic hydroxyl groups is 1. The highest BCUT2D eigenvalue weighted by atomic mass is 16.4. The van der Waals surface area contributed by atoms with Gasteiger partial charge in [0.15, 0.2) is 0 Å². The van der Waals surface area contributed by atoms with E-state index in [4.69, 9.17) is 0 Å².